The number of hydrazine groups is 1. The number of rotatable bonds is 13. The second kappa shape index (κ2) is 14.2. The Labute approximate surface area is 157 Å². The van der Waals surface area contributed by atoms with Gasteiger partial charge in [-0.25, -0.2) is 0 Å². The highest BCUT2D eigenvalue weighted by Gasteiger charge is 2.07. The first-order chi connectivity index (χ1) is 12.7. The maximum Gasteiger partial charge on any atom is 0.269 e. The standard InChI is InChI=1S/C21H34N2O3/c1-3-5-7-9-10-12-20(24)22-23-21(25)18-13-15-19(16-14-18)26-17-11-8-6-4-2/h13-16H,3-12,17H2,1-2H3,(H,22,24)(H,23,25). The quantitative estimate of drug-likeness (QED) is 0.392. The van der Waals surface area contributed by atoms with Gasteiger partial charge in [-0.3, -0.25) is 20.4 Å². The Kier molecular flexibility index (Phi) is 12.0. The second-order valence-electron chi connectivity index (χ2n) is 6.60. The van der Waals surface area contributed by atoms with E-state index in [9.17, 15) is 9.59 Å². The molecule has 0 aliphatic heterocycles. The largest absolute Gasteiger partial charge is 0.494 e. The molecule has 0 unspecified atom stereocenters. The summed E-state index contributed by atoms with van der Waals surface area (Å²) in [5, 5.41) is 0. The van der Waals surface area contributed by atoms with E-state index in [1.165, 1.54) is 32.1 Å². The summed E-state index contributed by atoms with van der Waals surface area (Å²) in [6.07, 6.45) is 10.5. The van der Waals surface area contributed by atoms with Crippen molar-refractivity contribution in [1.82, 2.24) is 10.9 Å². The molecule has 5 nitrogen and oxygen atoms in total. The van der Waals surface area contributed by atoms with Crippen LogP contribution in [0.25, 0.3) is 0 Å². The molecule has 0 radical (unpaired) electrons. The molecule has 0 saturated heterocycles. The van der Waals surface area contributed by atoms with Gasteiger partial charge in [-0.15, -0.1) is 0 Å². The van der Waals surface area contributed by atoms with E-state index < -0.39 is 0 Å². The molecule has 1 aromatic carbocycles. The van der Waals surface area contributed by atoms with Gasteiger partial charge >= 0.3 is 0 Å². The Morgan fingerprint density at radius 2 is 1.42 bits per heavy atom. The molecule has 0 heterocycles. The molecular formula is C21H34N2O3. The third-order valence-corrected chi connectivity index (χ3v) is 4.21. The lowest BCUT2D eigenvalue weighted by Gasteiger charge is -2.09. The third kappa shape index (κ3) is 10.1. The Morgan fingerprint density at radius 3 is 2.08 bits per heavy atom. The fourth-order valence-electron chi connectivity index (χ4n) is 2.57. The van der Waals surface area contributed by atoms with Crippen molar-refractivity contribution in [3.8, 4) is 5.75 Å². The highest BCUT2D eigenvalue weighted by atomic mass is 16.5. The lowest BCUT2D eigenvalue weighted by Crippen LogP contribution is -2.41. The number of unbranched alkanes of at least 4 members (excludes halogenated alkanes) is 7. The van der Waals surface area contributed by atoms with Crippen molar-refractivity contribution in [3.05, 3.63) is 29.8 Å². The van der Waals surface area contributed by atoms with Crippen LogP contribution in [0.15, 0.2) is 24.3 Å². The Hall–Kier alpha value is -2.04. The number of amides is 2. The van der Waals surface area contributed by atoms with Crippen molar-refractivity contribution < 1.29 is 14.3 Å². The molecule has 0 saturated carbocycles. The molecule has 146 valence electrons. The van der Waals surface area contributed by atoms with Crippen molar-refractivity contribution in [2.45, 2.75) is 78.1 Å². The molecule has 2 amide bonds. The minimum Gasteiger partial charge on any atom is -0.494 e. The van der Waals surface area contributed by atoms with E-state index in [1.54, 1.807) is 24.3 Å². The first kappa shape index (κ1) is 22.0. The van der Waals surface area contributed by atoms with E-state index in [4.69, 9.17) is 4.74 Å². The van der Waals surface area contributed by atoms with Gasteiger partial charge in [-0.05, 0) is 37.1 Å². The molecule has 5 heteroatoms. The zero-order chi connectivity index (χ0) is 19.0. The molecule has 0 bridgehead atoms. The van der Waals surface area contributed by atoms with Crippen molar-refractivity contribution >= 4 is 11.8 Å². The smallest absolute Gasteiger partial charge is 0.269 e. The van der Waals surface area contributed by atoms with Gasteiger partial charge in [0.15, 0.2) is 0 Å². The monoisotopic (exact) mass is 362 g/mol. The van der Waals surface area contributed by atoms with Gasteiger partial charge in [0.25, 0.3) is 5.91 Å². The molecule has 2 N–H and O–H groups in total. The lowest BCUT2D eigenvalue weighted by atomic mass is 10.1. The van der Waals surface area contributed by atoms with Gasteiger partial charge in [0, 0.05) is 12.0 Å². The lowest BCUT2D eigenvalue weighted by molar-refractivity contribution is -0.122. The first-order valence-corrected chi connectivity index (χ1v) is 9.99. The van der Waals surface area contributed by atoms with Crippen LogP contribution >= 0.6 is 0 Å². The second-order valence-corrected chi connectivity index (χ2v) is 6.60. The first-order valence-electron chi connectivity index (χ1n) is 9.99. The Morgan fingerprint density at radius 1 is 0.808 bits per heavy atom. The van der Waals surface area contributed by atoms with Crippen LogP contribution < -0.4 is 15.6 Å². The van der Waals surface area contributed by atoms with Crippen LogP contribution in [0.5, 0.6) is 5.75 Å². The van der Waals surface area contributed by atoms with E-state index in [-0.39, 0.29) is 11.8 Å². The van der Waals surface area contributed by atoms with E-state index in [0.717, 1.165) is 31.4 Å². The number of benzene rings is 1. The van der Waals surface area contributed by atoms with E-state index >= 15 is 0 Å². The zero-order valence-electron chi connectivity index (χ0n) is 16.3. The van der Waals surface area contributed by atoms with Crippen LogP contribution in [0.1, 0.15) is 88.4 Å². The van der Waals surface area contributed by atoms with Crippen LogP contribution in [0.4, 0.5) is 0 Å². The van der Waals surface area contributed by atoms with E-state index in [1.807, 2.05) is 0 Å². The minimum absolute atomic E-state index is 0.151. The normalized spacial score (nSPS) is 10.4. The van der Waals surface area contributed by atoms with Crippen molar-refractivity contribution in [1.29, 1.82) is 0 Å². The molecule has 0 aromatic heterocycles. The minimum atomic E-state index is -0.321. The van der Waals surface area contributed by atoms with Crippen LogP contribution in [0.2, 0.25) is 0 Å². The van der Waals surface area contributed by atoms with Gasteiger partial charge in [0.2, 0.25) is 5.91 Å². The molecule has 0 atom stereocenters. The fraction of sp³-hybridized carbons (Fsp3) is 0.619. The van der Waals surface area contributed by atoms with Crippen molar-refractivity contribution in [2.24, 2.45) is 0 Å². The summed E-state index contributed by atoms with van der Waals surface area (Å²) in [5.41, 5.74) is 5.42. The topological polar surface area (TPSA) is 67.4 Å². The van der Waals surface area contributed by atoms with Gasteiger partial charge in [0.05, 0.1) is 6.61 Å². The predicted molar refractivity (Wildman–Crippen MR) is 105 cm³/mol. The number of hydrogen-bond acceptors (Lipinski definition) is 3. The summed E-state index contributed by atoms with van der Waals surface area (Å²) in [6, 6.07) is 6.97. The molecular weight excluding hydrogens is 328 g/mol. The molecule has 0 aliphatic rings. The van der Waals surface area contributed by atoms with Crippen molar-refractivity contribution in [3.63, 3.8) is 0 Å². The van der Waals surface area contributed by atoms with Crippen LogP contribution in [0, 0.1) is 0 Å². The van der Waals surface area contributed by atoms with E-state index in [0.29, 0.717) is 18.6 Å². The maximum atomic E-state index is 12.0. The van der Waals surface area contributed by atoms with Crippen molar-refractivity contribution in [2.75, 3.05) is 6.61 Å². The average molecular weight is 363 g/mol. The van der Waals surface area contributed by atoms with Gasteiger partial charge in [-0.1, -0.05) is 58.8 Å². The summed E-state index contributed by atoms with van der Waals surface area (Å²) < 4.78 is 5.66. The zero-order valence-corrected chi connectivity index (χ0v) is 16.3. The SMILES string of the molecule is CCCCCCCC(=O)NNC(=O)c1ccc(OCCCCCC)cc1. The fourth-order valence-corrected chi connectivity index (χ4v) is 2.57. The summed E-state index contributed by atoms with van der Waals surface area (Å²) in [5.74, 6) is 0.287. The van der Waals surface area contributed by atoms with Crippen LogP contribution in [0.3, 0.4) is 0 Å². The summed E-state index contributed by atoms with van der Waals surface area (Å²) in [6.45, 7) is 5.04. The summed E-state index contributed by atoms with van der Waals surface area (Å²) in [4.78, 5) is 23.8. The summed E-state index contributed by atoms with van der Waals surface area (Å²) in [7, 11) is 0. The number of ether oxygens (including phenoxy) is 1. The number of hydrogen-bond donors (Lipinski definition) is 2. The van der Waals surface area contributed by atoms with Gasteiger partial charge in [0.1, 0.15) is 5.75 Å². The molecule has 0 aliphatic carbocycles. The highest BCUT2D eigenvalue weighted by molar-refractivity contribution is 5.95. The average Bonchev–Trinajstić information content (AvgIpc) is 2.66. The molecule has 1 aromatic rings. The maximum absolute atomic E-state index is 12.0. The Bertz CT molecular complexity index is 514. The van der Waals surface area contributed by atoms with Crippen LogP contribution in [-0.4, -0.2) is 18.4 Å². The van der Waals surface area contributed by atoms with E-state index in [2.05, 4.69) is 24.7 Å². The predicted octanol–water partition coefficient (Wildman–Crippen LogP) is 4.77. The van der Waals surface area contributed by atoms with Crippen LogP contribution in [-0.2, 0) is 4.79 Å². The Balaban J connectivity index is 2.22. The van der Waals surface area contributed by atoms with Gasteiger partial charge in [-0.2, -0.15) is 0 Å². The third-order valence-electron chi connectivity index (χ3n) is 4.21. The number of carbonyl (C=O) groups is 2. The van der Waals surface area contributed by atoms with Gasteiger partial charge < -0.3 is 4.74 Å². The molecule has 0 fully saturated rings. The highest BCUT2D eigenvalue weighted by Crippen LogP contribution is 2.13. The number of carbonyl (C=O) groups excluding carboxylic acids is 2. The summed E-state index contributed by atoms with van der Waals surface area (Å²) >= 11 is 0. The molecule has 26 heavy (non-hydrogen) atoms. The number of nitrogens with one attached hydrogen (secondary N) is 2. The molecule has 1 rings (SSSR count). The molecule has 0 spiro atoms.